The van der Waals surface area contributed by atoms with Gasteiger partial charge in [-0.2, -0.15) is 0 Å². The average molecular weight is 1440 g/mol. The zero-order valence-electron chi connectivity index (χ0n) is 64.1. The summed E-state index contributed by atoms with van der Waals surface area (Å²) < 4.78 is 68.6. The van der Waals surface area contributed by atoms with Gasteiger partial charge in [-0.3, -0.25) is 37.3 Å². The van der Waals surface area contributed by atoms with E-state index in [0.717, 1.165) is 102 Å². The number of hydrogen-bond acceptors (Lipinski definition) is 15. The van der Waals surface area contributed by atoms with Crippen LogP contribution in [0.15, 0.2) is 0 Å². The van der Waals surface area contributed by atoms with Crippen LogP contribution in [0.1, 0.15) is 414 Å². The van der Waals surface area contributed by atoms with Crippen LogP contribution in [0.4, 0.5) is 0 Å². The van der Waals surface area contributed by atoms with Crippen molar-refractivity contribution in [3.63, 3.8) is 0 Å². The Hall–Kier alpha value is -1.94. The molecule has 0 aromatic rings. The van der Waals surface area contributed by atoms with Gasteiger partial charge in [-0.1, -0.05) is 363 Å². The van der Waals surface area contributed by atoms with Crippen LogP contribution in [-0.2, 0) is 65.4 Å². The maximum atomic E-state index is 13.1. The predicted molar refractivity (Wildman–Crippen MR) is 400 cm³/mol. The second-order valence-corrected chi connectivity index (χ2v) is 32.1. The van der Waals surface area contributed by atoms with Crippen molar-refractivity contribution in [2.75, 3.05) is 39.6 Å². The predicted octanol–water partition coefficient (Wildman–Crippen LogP) is 23.5. The van der Waals surface area contributed by atoms with Gasteiger partial charge in [-0.15, -0.1) is 0 Å². The van der Waals surface area contributed by atoms with Gasteiger partial charge in [-0.25, -0.2) is 9.13 Å². The van der Waals surface area contributed by atoms with Gasteiger partial charge in [0, 0.05) is 25.7 Å². The van der Waals surface area contributed by atoms with Crippen molar-refractivity contribution in [2.45, 2.75) is 432 Å². The first-order valence-electron chi connectivity index (χ1n) is 41.0. The van der Waals surface area contributed by atoms with Crippen LogP contribution in [0.2, 0.25) is 0 Å². The van der Waals surface area contributed by atoms with Gasteiger partial charge in [0.1, 0.15) is 19.3 Å². The Kier molecular flexibility index (Phi) is 69.3. The first-order valence-corrected chi connectivity index (χ1v) is 44.0. The van der Waals surface area contributed by atoms with Crippen molar-refractivity contribution in [1.82, 2.24) is 0 Å². The minimum atomic E-state index is -4.96. The normalized spacial score (nSPS) is 14.2. The first kappa shape index (κ1) is 96.1. The van der Waals surface area contributed by atoms with Crippen molar-refractivity contribution < 1.29 is 80.2 Å². The summed E-state index contributed by atoms with van der Waals surface area (Å²) in [4.78, 5) is 72.9. The lowest BCUT2D eigenvalue weighted by atomic mass is 9.99. The van der Waals surface area contributed by atoms with Crippen LogP contribution in [0.5, 0.6) is 0 Å². The van der Waals surface area contributed by atoms with Gasteiger partial charge >= 0.3 is 39.5 Å². The van der Waals surface area contributed by atoms with Crippen LogP contribution in [0.25, 0.3) is 0 Å². The molecule has 0 aliphatic heterocycles. The fraction of sp³-hybridized carbons (Fsp3) is 0.949. The van der Waals surface area contributed by atoms with Gasteiger partial charge in [-0.05, 0) is 37.5 Å². The Bertz CT molecular complexity index is 1890. The highest BCUT2D eigenvalue weighted by Crippen LogP contribution is 2.45. The van der Waals surface area contributed by atoms with Crippen LogP contribution in [0.3, 0.4) is 0 Å². The van der Waals surface area contributed by atoms with Crippen LogP contribution < -0.4 is 0 Å². The molecule has 19 heteroatoms. The number of hydrogen-bond donors (Lipinski definition) is 3. The molecule has 3 unspecified atom stereocenters. The molecule has 0 fully saturated rings. The Morgan fingerprint density at radius 2 is 0.520 bits per heavy atom. The maximum Gasteiger partial charge on any atom is 0.472 e. The molecular formula is C79H154O17P2. The van der Waals surface area contributed by atoms with E-state index < -0.39 is 97.5 Å². The number of aliphatic hydroxyl groups excluding tert-OH is 1. The van der Waals surface area contributed by atoms with Gasteiger partial charge in [0.2, 0.25) is 0 Å². The number of carbonyl (C=O) groups is 4. The standard InChI is InChI=1S/C79H154O17P2/c1-7-10-12-14-16-18-19-20-21-22-23-24-27-31-34-38-45-51-57-63-78(83)95-74(68-90-77(82)62-56-50-44-37-33-30-28-25-26-29-32-36-41-47-53-59-71(4)5)69-93-97(85,86)91-65-73(80)66-92-98(87,88)94-70-75(67-89-76(81)61-55-49-43-35-17-15-13-11-8-2)96-79(84)64-58-52-46-40-39-42-48-54-60-72(6)9-3/h71-75,80H,7-70H2,1-6H3,(H,85,86)(H,87,88)/t72?,73-,74-,75-/m1/s1. The van der Waals surface area contributed by atoms with Crippen LogP contribution >= 0.6 is 15.6 Å². The van der Waals surface area contributed by atoms with E-state index in [-0.39, 0.29) is 25.7 Å². The van der Waals surface area contributed by atoms with Crippen LogP contribution in [-0.4, -0.2) is 96.7 Å². The van der Waals surface area contributed by atoms with Crippen molar-refractivity contribution in [3.05, 3.63) is 0 Å². The fourth-order valence-electron chi connectivity index (χ4n) is 12.2. The van der Waals surface area contributed by atoms with Gasteiger partial charge < -0.3 is 33.8 Å². The van der Waals surface area contributed by atoms with E-state index in [2.05, 4.69) is 41.5 Å². The highest BCUT2D eigenvalue weighted by atomic mass is 31.2. The van der Waals surface area contributed by atoms with E-state index in [0.29, 0.717) is 25.7 Å². The highest BCUT2D eigenvalue weighted by molar-refractivity contribution is 7.47. The number of rotatable bonds is 78. The molecule has 0 aromatic heterocycles. The fourth-order valence-corrected chi connectivity index (χ4v) is 13.7. The third-order valence-electron chi connectivity index (χ3n) is 18.8. The summed E-state index contributed by atoms with van der Waals surface area (Å²) in [6.45, 7) is 9.63. The third kappa shape index (κ3) is 71.1. The van der Waals surface area contributed by atoms with Gasteiger partial charge in [0.15, 0.2) is 12.2 Å². The molecule has 0 saturated heterocycles. The molecule has 6 atom stereocenters. The molecule has 0 heterocycles. The summed E-state index contributed by atoms with van der Waals surface area (Å²) >= 11 is 0. The smallest absolute Gasteiger partial charge is 0.462 e. The topological polar surface area (TPSA) is 237 Å². The Labute approximate surface area is 600 Å². The summed E-state index contributed by atoms with van der Waals surface area (Å²) in [6.07, 6.45) is 59.7. The molecule has 0 radical (unpaired) electrons. The Balaban J connectivity index is 5.22. The molecule has 98 heavy (non-hydrogen) atoms. The molecule has 582 valence electrons. The number of unbranched alkanes of at least 4 members (excludes halogenated alkanes) is 47. The number of phosphoric ester groups is 2. The molecule has 0 rings (SSSR count). The second-order valence-electron chi connectivity index (χ2n) is 29.2. The molecule has 3 N–H and O–H groups in total. The molecule has 0 aromatic carbocycles. The highest BCUT2D eigenvalue weighted by Gasteiger charge is 2.30. The lowest BCUT2D eigenvalue weighted by Gasteiger charge is -2.21. The molecular weight excluding hydrogens is 1280 g/mol. The summed E-state index contributed by atoms with van der Waals surface area (Å²) in [6, 6.07) is 0. The molecule has 0 spiro atoms. The number of phosphoric acid groups is 2. The summed E-state index contributed by atoms with van der Waals surface area (Å²) in [5, 5.41) is 10.6. The molecule has 0 bridgehead atoms. The number of ether oxygens (including phenoxy) is 4. The molecule has 0 aliphatic carbocycles. The van der Waals surface area contributed by atoms with E-state index in [1.807, 2.05) is 0 Å². The number of aliphatic hydroxyl groups is 1. The number of carbonyl (C=O) groups excluding carboxylic acids is 4. The largest absolute Gasteiger partial charge is 0.472 e. The van der Waals surface area contributed by atoms with E-state index >= 15 is 0 Å². The molecule has 0 aliphatic rings. The zero-order valence-corrected chi connectivity index (χ0v) is 65.9. The van der Waals surface area contributed by atoms with Crippen molar-refractivity contribution in [1.29, 1.82) is 0 Å². The molecule has 0 amide bonds. The lowest BCUT2D eigenvalue weighted by Crippen LogP contribution is -2.30. The van der Waals surface area contributed by atoms with E-state index in [1.54, 1.807) is 0 Å². The minimum Gasteiger partial charge on any atom is -0.462 e. The van der Waals surface area contributed by atoms with Crippen molar-refractivity contribution >= 4 is 39.5 Å². The van der Waals surface area contributed by atoms with Gasteiger partial charge in [0.05, 0.1) is 26.4 Å². The van der Waals surface area contributed by atoms with Crippen molar-refractivity contribution in [3.8, 4) is 0 Å². The van der Waals surface area contributed by atoms with Crippen molar-refractivity contribution in [2.24, 2.45) is 11.8 Å². The summed E-state index contributed by atoms with van der Waals surface area (Å²) in [5.74, 6) is -0.538. The van der Waals surface area contributed by atoms with E-state index in [1.165, 1.54) is 231 Å². The maximum absolute atomic E-state index is 13.1. The number of esters is 4. The average Bonchev–Trinajstić information content (AvgIpc) is 1.17. The molecule has 0 saturated carbocycles. The zero-order chi connectivity index (χ0) is 72.1. The van der Waals surface area contributed by atoms with Crippen LogP contribution in [0, 0.1) is 11.8 Å². The first-order chi connectivity index (χ1) is 47.4. The minimum absolute atomic E-state index is 0.105. The van der Waals surface area contributed by atoms with E-state index in [4.69, 9.17) is 37.0 Å². The Morgan fingerprint density at radius 3 is 0.776 bits per heavy atom. The summed E-state index contributed by atoms with van der Waals surface area (Å²) in [7, 11) is -9.91. The molecule has 17 nitrogen and oxygen atoms in total. The third-order valence-corrected chi connectivity index (χ3v) is 20.7. The SMILES string of the molecule is CCCCCCCCCCCCCCCCCCCCCC(=O)O[C@H](COC(=O)CCCCCCCCCCCCCCCCCC(C)C)COP(=O)(O)OC[C@@H](O)COP(=O)(O)OC[C@@H](COC(=O)CCCCCCCCCCC)OC(=O)CCCCCCCCCCC(C)CC. The quantitative estimate of drug-likeness (QED) is 0.0222. The second kappa shape index (κ2) is 70.7. The monoisotopic (exact) mass is 1440 g/mol. The summed E-state index contributed by atoms with van der Waals surface area (Å²) in [5.41, 5.74) is 0. The van der Waals surface area contributed by atoms with Gasteiger partial charge in [0.25, 0.3) is 0 Å². The lowest BCUT2D eigenvalue weighted by molar-refractivity contribution is -0.161. The van der Waals surface area contributed by atoms with E-state index in [9.17, 15) is 43.2 Å². The Morgan fingerprint density at radius 1 is 0.296 bits per heavy atom.